The third-order valence-corrected chi connectivity index (χ3v) is 5.27. The first kappa shape index (κ1) is 20.5. The SMILES string of the molecule is COc1c(Cl)cc(Cl)cc1C(=O)Nc1ccc2oc(-c3ccc(C)cc3Cl)nc2c1. The second-order valence-electron chi connectivity index (χ2n) is 6.61. The zero-order valence-electron chi connectivity index (χ0n) is 15.9. The molecule has 5 nitrogen and oxygen atoms in total. The van der Waals surface area contributed by atoms with Crippen molar-refractivity contribution in [2.75, 3.05) is 12.4 Å². The maximum Gasteiger partial charge on any atom is 0.259 e. The Morgan fingerprint density at radius 2 is 1.83 bits per heavy atom. The Morgan fingerprint density at radius 3 is 2.57 bits per heavy atom. The van der Waals surface area contributed by atoms with Gasteiger partial charge in [0.2, 0.25) is 5.89 Å². The van der Waals surface area contributed by atoms with E-state index in [-0.39, 0.29) is 16.3 Å². The Hall–Kier alpha value is -2.73. The number of halogens is 3. The van der Waals surface area contributed by atoms with Gasteiger partial charge in [0.05, 0.1) is 28.3 Å². The average Bonchev–Trinajstić information content (AvgIpc) is 3.10. The zero-order chi connectivity index (χ0) is 21.4. The van der Waals surface area contributed by atoms with E-state index >= 15 is 0 Å². The van der Waals surface area contributed by atoms with Crippen LogP contribution in [0.2, 0.25) is 15.1 Å². The number of oxazole rings is 1. The number of benzene rings is 3. The number of carbonyl (C=O) groups is 1. The van der Waals surface area contributed by atoms with Gasteiger partial charge in [0.15, 0.2) is 5.58 Å². The number of hydrogen-bond acceptors (Lipinski definition) is 4. The van der Waals surface area contributed by atoms with E-state index in [2.05, 4.69) is 10.3 Å². The van der Waals surface area contributed by atoms with Gasteiger partial charge in [-0.05, 0) is 55.0 Å². The molecule has 0 spiro atoms. The molecule has 3 aromatic carbocycles. The number of anilines is 1. The number of nitrogens with zero attached hydrogens (tertiary/aromatic N) is 1. The van der Waals surface area contributed by atoms with Crippen LogP contribution in [-0.4, -0.2) is 18.0 Å². The van der Waals surface area contributed by atoms with Crippen LogP contribution in [0.4, 0.5) is 5.69 Å². The Kier molecular flexibility index (Phi) is 5.60. The molecule has 0 aliphatic rings. The van der Waals surface area contributed by atoms with Crippen LogP contribution in [0, 0.1) is 6.92 Å². The third kappa shape index (κ3) is 3.97. The molecule has 0 saturated carbocycles. The predicted molar refractivity (Wildman–Crippen MR) is 120 cm³/mol. The highest BCUT2D eigenvalue weighted by atomic mass is 35.5. The van der Waals surface area contributed by atoms with E-state index in [1.807, 2.05) is 25.1 Å². The minimum Gasteiger partial charge on any atom is -0.494 e. The lowest BCUT2D eigenvalue weighted by Gasteiger charge is -2.11. The molecule has 1 N–H and O–H groups in total. The summed E-state index contributed by atoms with van der Waals surface area (Å²) in [5, 5.41) is 3.94. The van der Waals surface area contributed by atoms with Gasteiger partial charge in [0.25, 0.3) is 5.91 Å². The molecule has 1 amide bonds. The van der Waals surface area contributed by atoms with Crippen LogP contribution in [0.25, 0.3) is 22.6 Å². The molecule has 0 saturated heterocycles. The summed E-state index contributed by atoms with van der Waals surface area (Å²) < 4.78 is 11.1. The minimum absolute atomic E-state index is 0.224. The zero-order valence-corrected chi connectivity index (χ0v) is 18.2. The highest BCUT2D eigenvalue weighted by Gasteiger charge is 2.18. The van der Waals surface area contributed by atoms with Crippen LogP contribution in [0.15, 0.2) is 52.9 Å². The van der Waals surface area contributed by atoms with Gasteiger partial charge in [0, 0.05) is 10.7 Å². The minimum atomic E-state index is -0.416. The van der Waals surface area contributed by atoms with Crippen molar-refractivity contribution < 1.29 is 13.9 Å². The van der Waals surface area contributed by atoms with Crippen molar-refractivity contribution in [3.05, 3.63) is 74.7 Å². The van der Waals surface area contributed by atoms with E-state index in [1.54, 1.807) is 18.2 Å². The number of methoxy groups -OCH3 is 1. The summed E-state index contributed by atoms with van der Waals surface area (Å²) in [5.74, 6) is 0.236. The summed E-state index contributed by atoms with van der Waals surface area (Å²) in [6.45, 7) is 1.96. The molecule has 30 heavy (non-hydrogen) atoms. The Bertz CT molecular complexity index is 1280. The fourth-order valence-electron chi connectivity index (χ4n) is 3.05. The summed E-state index contributed by atoms with van der Waals surface area (Å²) in [6.07, 6.45) is 0. The van der Waals surface area contributed by atoms with Crippen molar-refractivity contribution in [2.24, 2.45) is 0 Å². The number of aryl methyl sites for hydroxylation is 1. The first-order valence-electron chi connectivity index (χ1n) is 8.87. The normalized spacial score (nSPS) is 11.0. The molecule has 152 valence electrons. The van der Waals surface area contributed by atoms with Crippen LogP contribution in [0.5, 0.6) is 5.75 Å². The summed E-state index contributed by atoms with van der Waals surface area (Å²) in [4.78, 5) is 17.3. The summed E-state index contributed by atoms with van der Waals surface area (Å²) in [6, 6.07) is 13.8. The van der Waals surface area contributed by atoms with E-state index in [4.69, 9.17) is 44.0 Å². The molecule has 0 unspecified atom stereocenters. The van der Waals surface area contributed by atoms with Crippen molar-refractivity contribution >= 4 is 57.5 Å². The van der Waals surface area contributed by atoms with Gasteiger partial charge in [-0.15, -0.1) is 0 Å². The quantitative estimate of drug-likeness (QED) is 0.354. The number of amides is 1. The number of fused-ring (bicyclic) bond motifs is 1. The largest absolute Gasteiger partial charge is 0.494 e. The maximum absolute atomic E-state index is 12.8. The van der Waals surface area contributed by atoms with Crippen LogP contribution >= 0.6 is 34.8 Å². The van der Waals surface area contributed by atoms with Crippen molar-refractivity contribution in [1.29, 1.82) is 0 Å². The van der Waals surface area contributed by atoms with Gasteiger partial charge in [-0.3, -0.25) is 4.79 Å². The number of aromatic nitrogens is 1. The lowest BCUT2D eigenvalue weighted by Crippen LogP contribution is -2.13. The van der Waals surface area contributed by atoms with Crippen molar-refractivity contribution in [2.45, 2.75) is 6.92 Å². The fourth-order valence-corrected chi connectivity index (χ4v) is 3.94. The highest BCUT2D eigenvalue weighted by molar-refractivity contribution is 6.36. The van der Waals surface area contributed by atoms with Crippen LogP contribution < -0.4 is 10.1 Å². The van der Waals surface area contributed by atoms with E-state index in [9.17, 15) is 4.79 Å². The molecular formula is C22H15Cl3N2O3. The Balaban J connectivity index is 1.66. The molecule has 1 heterocycles. The first-order chi connectivity index (χ1) is 14.4. The molecule has 0 bridgehead atoms. The molecule has 0 aliphatic heterocycles. The van der Waals surface area contributed by atoms with Gasteiger partial charge in [-0.1, -0.05) is 40.9 Å². The van der Waals surface area contributed by atoms with Gasteiger partial charge >= 0.3 is 0 Å². The van der Waals surface area contributed by atoms with Crippen molar-refractivity contribution in [3.63, 3.8) is 0 Å². The van der Waals surface area contributed by atoms with E-state index in [0.717, 1.165) is 5.56 Å². The molecule has 0 atom stereocenters. The Morgan fingerprint density at radius 1 is 1.03 bits per heavy atom. The number of nitrogens with one attached hydrogen (secondary N) is 1. The van der Waals surface area contributed by atoms with Crippen molar-refractivity contribution in [3.8, 4) is 17.2 Å². The summed E-state index contributed by atoms with van der Waals surface area (Å²) in [7, 11) is 1.44. The molecule has 8 heteroatoms. The standard InChI is InChI=1S/C22H15Cl3N2O3/c1-11-3-5-14(16(24)7-11)22-27-18-10-13(4-6-19(18)30-22)26-21(28)15-8-12(23)9-17(25)20(15)29-2/h3-10H,1-2H3,(H,26,28). The molecule has 0 fully saturated rings. The van der Waals surface area contributed by atoms with Crippen LogP contribution in [-0.2, 0) is 0 Å². The molecule has 4 aromatic rings. The lowest BCUT2D eigenvalue weighted by atomic mass is 10.1. The predicted octanol–water partition coefficient (Wildman–Crippen LogP) is 7.02. The number of hydrogen-bond donors (Lipinski definition) is 1. The first-order valence-corrected chi connectivity index (χ1v) is 10.0. The molecule has 0 radical (unpaired) electrons. The number of carbonyl (C=O) groups excluding carboxylic acids is 1. The summed E-state index contributed by atoms with van der Waals surface area (Å²) >= 11 is 18.5. The molecule has 4 rings (SSSR count). The maximum atomic E-state index is 12.8. The monoisotopic (exact) mass is 460 g/mol. The van der Waals surface area contributed by atoms with Crippen LogP contribution in [0.1, 0.15) is 15.9 Å². The second kappa shape index (κ2) is 8.19. The number of ether oxygens (including phenoxy) is 1. The number of rotatable bonds is 4. The van der Waals surface area contributed by atoms with Crippen LogP contribution in [0.3, 0.4) is 0 Å². The molecule has 1 aromatic heterocycles. The molecular weight excluding hydrogens is 447 g/mol. The van der Waals surface area contributed by atoms with E-state index < -0.39 is 5.91 Å². The second-order valence-corrected chi connectivity index (χ2v) is 7.86. The van der Waals surface area contributed by atoms with Crippen molar-refractivity contribution in [1.82, 2.24) is 4.98 Å². The smallest absolute Gasteiger partial charge is 0.259 e. The Labute approximate surface area is 187 Å². The summed E-state index contributed by atoms with van der Waals surface area (Å²) in [5.41, 5.74) is 3.64. The lowest BCUT2D eigenvalue weighted by molar-refractivity contribution is 0.102. The molecule has 0 aliphatic carbocycles. The fraction of sp³-hybridized carbons (Fsp3) is 0.0909. The topological polar surface area (TPSA) is 64.4 Å². The van der Waals surface area contributed by atoms with Gasteiger partial charge in [-0.2, -0.15) is 0 Å². The van der Waals surface area contributed by atoms with E-state index in [1.165, 1.54) is 19.2 Å². The highest BCUT2D eigenvalue weighted by Crippen LogP contribution is 2.34. The third-order valence-electron chi connectivity index (χ3n) is 4.46. The van der Waals surface area contributed by atoms with Gasteiger partial charge in [-0.25, -0.2) is 4.98 Å². The van der Waals surface area contributed by atoms with Gasteiger partial charge in [0.1, 0.15) is 11.3 Å². The average molecular weight is 462 g/mol. The van der Waals surface area contributed by atoms with Gasteiger partial charge < -0.3 is 14.5 Å². The van der Waals surface area contributed by atoms with E-state index in [0.29, 0.717) is 38.3 Å².